The lowest BCUT2D eigenvalue weighted by molar-refractivity contribution is 1.32. The maximum atomic E-state index is 4.28. The smallest absolute Gasteiger partial charge is 0.139 e. The highest BCUT2D eigenvalue weighted by Crippen LogP contribution is 2.25. The summed E-state index contributed by atoms with van der Waals surface area (Å²) in [4.78, 5) is 7.39. The summed E-state index contributed by atoms with van der Waals surface area (Å²) in [5, 5.41) is 4.55. The maximum Gasteiger partial charge on any atom is 0.139 e. The highest BCUT2D eigenvalue weighted by atomic mass is 14.9. The second-order valence-corrected chi connectivity index (χ2v) is 4.52. The van der Waals surface area contributed by atoms with Crippen molar-refractivity contribution in [2.24, 2.45) is 0 Å². The molecule has 0 atom stereocenters. The predicted octanol–water partition coefficient (Wildman–Crippen LogP) is 3.92. The highest BCUT2D eigenvalue weighted by Gasteiger charge is 2.03. The van der Waals surface area contributed by atoms with Gasteiger partial charge in [-0.2, -0.15) is 0 Å². The SMILES string of the molecule is Cc1ccc(Nc2ccnc3[nH]ccc23)cc1C. The molecule has 0 fully saturated rings. The zero-order chi connectivity index (χ0) is 12.5. The van der Waals surface area contributed by atoms with Crippen molar-refractivity contribution >= 4 is 22.4 Å². The summed E-state index contributed by atoms with van der Waals surface area (Å²) in [5.41, 5.74) is 5.68. The van der Waals surface area contributed by atoms with E-state index >= 15 is 0 Å². The van der Waals surface area contributed by atoms with Crippen LogP contribution in [-0.4, -0.2) is 9.97 Å². The van der Waals surface area contributed by atoms with Crippen molar-refractivity contribution in [1.82, 2.24) is 9.97 Å². The van der Waals surface area contributed by atoms with Gasteiger partial charge in [-0.1, -0.05) is 6.07 Å². The summed E-state index contributed by atoms with van der Waals surface area (Å²) >= 11 is 0. The number of fused-ring (bicyclic) bond motifs is 1. The quantitative estimate of drug-likeness (QED) is 0.709. The number of nitrogens with zero attached hydrogens (tertiary/aromatic N) is 1. The van der Waals surface area contributed by atoms with Gasteiger partial charge in [0.05, 0.1) is 5.69 Å². The maximum absolute atomic E-state index is 4.28. The van der Waals surface area contributed by atoms with Crippen molar-refractivity contribution in [2.75, 3.05) is 5.32 Å². The van der Waals surface area contributed by atoms with E-state index in [4.69, 9.17) is 0 Å². The lowest BCUT2D eigenvalue weighted by Gasteiger charge is -2.09. The predicted molar refractivity (Wildman–Crippen MR) is 75.3 cm³/mol. The summed E-state index contributed by atoms with van der Waals surface area (Å²) in [5.74, 6) is 0. The van der Waals surface area contributed by atoms with Crippen LogP contribution in [0.2, 0.25) is 0 Å². The summed E-state index contributed by atoms with van der Waals surface area (Å²) < 4.78 is 0. The number of hydrogen-bond donors (Lipinski definition) is 2. The van der Waals surface area contributed by atoms with E-state index in [0.29, 0.717) is 0 Å². The van der Waals surface area contributed by atoms with Crippen LogP contribution in [0.25, 0.3) is 11.0 Å². The average Bonchev–Trinajstić information content (AvgIpc) is 2.83. The Bertz CT molecular complexity index is 698. The fourth-order valence-corrected chi connectivity index (χ4v) is 2.04. The Morgan fingerprint density at radius 2 is 1.94 bits per heavy atom. The molecule has 2 aromatic heterocycles. The average molecular weight is 237 g/mol. The molecule has 0 amide bonds. The monoisotopic (exact) mass is 237 g/mol. The van der Waals surface area contributed by atoms with Gasteiger partial charge in [0.1, 0.15) is 5.65 Å². The van der Waals surface area contributed by atoms with Gasteiger partial charge >= 0.3 is 0 Å². The molecule has 0 aliphatic carbocycles. The third kappa shape index (κ3) is 1.84. The van der Waals surface area contributed by atoms with Crippen LogP contribution in [0.1, 0.15) is 11.1 Å². The van der Waals surface area contributed by atoms with E-state index in [0.717, 1.165) is 22.4 Å². The second kappa shape index (κ2) is 4.18. The van der Waals surface area contributed by atoms with Crippen LogP contribution in [0.4, 0.5) is 11.4 Å². The van der Waals surface area contributed by atoms with Gasteiger partial charge < -0.3 is 10.3 Å². The standard InChI is InChI=1S/C15H15N3/c1-10-3-4-12(9-11(10)2)18-14-6-8-17-15-13(14)5-7-16-15/h3-9H,1-2H3,(H2,16,17,18). The third-order valence-electron chi connectivity index (χ3n) is 3.25. The van der Waals surface area contributed by atoms with Gasteiger partial charge in [-0.05, 0) is 49.2 Å². The van der Waals surface area contributed by atoms with E-state index in [-0.39, 0.29) is 0 Å². The molecule has 0 aliphatic rings. The molecule has 0 spiro atoms. The van der Waals surface area contributed by atoms with E-state index in [9.17, 15) is 0 Å². The molecule has 3 heteroatoms. The normalized spacial score (nSPS) is 10.8. The van der Waals surface area contributed by atoms with Gasteiger partial charge in [0, 0.05) is 23.5 Å². The molecule has 0 saturated carbocycles. The molecule has 0 bridgehead atoms. The molecular weight excluding hydrogens is 222 g/mol. The lowest BCUT2D eigenvalue weighted by Crippen LogP contribution is -1.93. The van der Waals surface area contributed by atoms with Crippen LogP contribution in [-0.2, 0) is 0 Å². The number of rotatable bonds is 2. The van der Waals surface area contributed by atoms with Crippen LogP contribution in [0.3, 0.4) is 0 Å². The van der Waals surface area contributed by atoms with Crippen LogP contribution >= 0.6 is 0 Å². The third-order valence-corrected chi connectivity index (χ3v) is 3.25. The van der Waals surface area contributed by atoms with Crippen LogP contribution in [0, 0.1) is 13.8 Å². The number of benzene rings is 1. The highest BCUT2D eigenvalue weighted by molar-refractivity contribution is 5.91. The number of H-pyrrole nitrogens is 1. The van der Waals surface area contributed by atoms with Crippen molar-refractivity contribution in [3.05, 3.63) is 53.9 Å². The molecule has 0 saturated heterocycles. The van der Waals surface area contributed by atoms with E-state index in [2.05, 4.69) is 47.3 Å². The number of aryl methyl sites for hydroxylation is 2. The Kier molecular flexibility index (Phi) is 2.52. The first-order valence-electron chi connectivity index (χ1n) is 6.00. The molecule has 18 heavy (non-hydrogen) atoms. The van der Waals surface area contributed by atoms with E-state index in [1.165, 1.54) is 11.1 Å². The molecular formula is C15H15N3. The number of anilines is 2. The van der Waals surface area contributed by atoms with Gasteiger partial charge in [0.25, 0.3) is 0 Å². The molecule has 0 radical (unpaired) electrons. The van der Waals surface area contributed by atoms with Gasteiger partial charge in [0.2, 0.25) is 0 Å². The van der Waals surface area contributed by atoms with Crippen molar-refractivity contribution in [1.29, 1.82) is 0 Å². The molecule has 1 aromatic carbocycles. The fourth-order valence-electron chi connectivity index (χ4n) is 2.04. The molecule has 0 unspecified atom stereocenters. The molecule has 2 N–H and O–H groups in total. The van der Waals surface area contributed by atoms with Crippen LogP contribution in [0.15, 0.2) is 42.7 Å². The second-order valence-electron chi connectivity index (χ2n) is 4.52. The number of pyridine rings is 1. The van der Waals surface area contributed by atoms with Gasteiger partial charge in [0.15, 0.2) is 0 Å². The Balaban J connectivity index is 2.01. The van der Waals surface area contributed by atoms with E-state index < -0.39 is 0 Å². The largest absolute Gasteiger partial charge is 0.355 e. The summed E-state index contributed by atoms with van der Waals surface area (Å²) in [6.45, 7) is 4.24. The number of aromatic amines is 1. The summed E-state index contributed by atoms with van der Waals surface area (Å²) in [6.07, 6.45) is 3.71. The minimum atomic E-state index is 0.906. The van der Waals surface area contributed by atoms with Gasteiger partial charge in [-0.15, -0.1) is 0 Å². The molecule has 3 nitrogen and oxygen atoms in total. The van der Waals surface area contributed by atoms with Crippen molar-refractivity contribution in [3.8, 4) is 0 Å². The summed E-state index contributed by atoms with van der Waals surface area (Å²) in [7, 11) is 0. The zero-order valence-corrected chi connectivity index (χ0v) is 10.5. The lowest BCUT2D eigenvalue weighted by atomic mass is 10.1. The summed E-state index contributed by atoms with van der Waals surface area (Å²) in [6, 6.07) is 10.4. The van der Waals surface area contributed by atoms with Gasteiger partial charge in [-0.25, -0.2) is 4.98 Å². The molecule has 0 aliphatic heterocycles. The molecule has 3 aromatic rings. The Hall–Kier alpha value is -2.29. The topological polar surface area (TPSA) is 40.7 Å². The van der Waals surface area contributed by atoms with Crippen LogP contribution in [0.5, 0.6) is 0 Å². The minimum Gasteiger partial charge on any atom is -0.355 e. The Labute approximate surface area is 106 Å². The van der Waals surface area contributed by atoms with Crippen molar-refractivity contribution in [2.45, 2.75) is 13.8 Å². The van der Waals surface area contributed by atoms with Crippen molar-refractivity contribution < 1.29 is 0 Å². The van der Waals surface area contributed by atoms with Gasteiger partial charge in [-0.3, -0.25) is 0 Å². The number of aromatic nitrogens is 2. The van der Waals surface area contributed by atoms with Crippen LogP contribution < -0.4 is 5.32 Å². The first-order valence-corrected chi connectivity index (χ1v) is 6.00. The van der Waals surface area contributed by atoms with E-state index in [1.54, 1.807) is 0 Å². The van der Waals surface area contributed by atoms with Crippen molar-refractivity contribution in [3.63, 3.8) is 0 Å². The number of hydrogen-bond acceptors (Lipinski definition) is 2. The Morgan fingerprint density at radius 3 is 2.78 bits per heavy atom. The molecule has 90 valence electrons. The fraction of sp³-hybridized carbons (Fsp3) is 0.133. The van der Waals surface area contributed by atoms with E-state index in [1.807, 2.05) is 24.5 Å². The number of nitrogens with one attached hydrogen (secondary N) is 2. The first kappa shape index (κ1) is 10.8. The zero-order valence-electron chi connectivity index (χ0n) is 10.5. The molecule has 2 heterocycles. The Morgan fingerprint density at radius 1 is 1.06 bits per heavy atom. The first-order chi connectivity index (χ1) is 8.74. The minimum absolute atomic E-state index is 0.906. The molecule has 3 rings (SSSR count).